The molecule has 0 bridgehead atoms. The average Bonchev–Trinajstić information content (AvgIpc) is 2.40. The van der Waals surface area contributed by atoms with Crippen molar-refractivity contribution in [3.8, 4) is 0 Å². The Morgan fingerprint density at radius 2 is 1.95 bits per heavy atom. The summed E-state index contributed by atoms with van der Waals surface area (Å²) in [5.41, 5.74) is 0.503. The quantitative estimate of drug-likeness (QED) is 0.731. The molecule has 0 aliphatic rings. The molecule has 1 rings (SSSR count). The number of benzene rings is 1. The van der Waals surface area contributed by atoms with Gasteiger partial charge >= 0.3 is 5.97 Å². The number of methoxy groups -OCH3 is 1. The van der Waals surface area contributed by atoms with Crippen LogP contribution in [0.25, 0.3) is 0 Å². The van der Waals surface area contributed by atoms with Crippen molar-refractivity contribution in [2.45, 2.75) is 25.8 Å². The van der Waals surface area contributed by atoms with Gasteiger partial charge in [0.15, 0.2) is 0 Å². The molecule has 0 saturated heterocycles. The lowest BCUT2D eigenvalue weighted by Crippen LogP contribution is -2.48. The fraction of sp³-hybridized carbons (Fsp3) is 0.533. The van der Waals surface area contributed by atoms with Crippen LogP contribution in [-0.2, 0) is 19.8 Å². The number of nitrogens with one attached hydrogen (secondary N) is 1. The molecule has 0 saturated carbocycles. The zero-order valence-electron chi connectivity index (χ0n) is 11.9. The molecule has 0 heterocycles. The molecule has 1 N–H and O–H groups in total. The van der Waals surface area contributed by atoms with Crippen LogP contribution < -0.4 is 5.32 Å². The number of hydrogen-bond donors (Lipinski definition) is 1. The minimum atomic E-state index is -0.531. The Kier molecular flexibility index (Phi) is 6.53. The molecule has 0 radical (unpaired) electrons. The Morgan fingerprint density at radius 1 is 1.26 bits per heavy atom. The van der Waals surface area contributed by atoms with Crippen LogP contribution in [0.15, 0.2) is 30.3 Å². The van der Waals surface area contributed by atoms with Crippen LogP contribution in [-0.4, -0.2) is 32.8 Å². The van der Waals surface area contributed by atoms with E-state index in [4.69, 9.17) is 9.47 Å². The molecule has 1 unspecified atom stereocenters. The van der Waals surface area contributed by atoms with Crippen molar-refractivity contribution < 1.29 is 14.3 Å². The first kappa shape index (κ1) is 15.7. The smallest absolute Gasteiger partial charge is 0.308 e. The average molecular weight is 265 g/mol. The molecule has 19 heavy (non-hydrogen) atoms. The Hall–Kier alpha value is -1.39. The Morgan fingerprint density at radius 3 is 2.47 bits per heavy atom. The fourth-order valence-electron chi connectivity index (χ4n) is 2.25. The van der Waals surface area contributed by atoms with E-state index in [-0.39, 0.29) is 12.4 Å². The summed E-state index contributed by atoms with van der Waals surface area (Å²) in [6.45, 7) is 5.38. The summed E-state index contributed by atoms with van der Waals surface area (Å²) in [6.07, 6.45) is 0.256. The molecule has 0 amide bonds. The zero-order valence-corrected chi connectivity index (χ0v) is 11.9. The lowest BCUT2D eigenvalue weighted by atomic mass is 9.87. The van der Waals surface area contributed by atoms with E-state index in [1.807, 2.05) is 44.2 Å². The van der Waals surface area contributed by atoms with Crippen LogP contribution >= 0.6 is 0 Å². The summed E-state index contributed by atoms with van der Waals surface area (Å²) in [7, 11) is 1.64. The molecular weight excluding hydrogens is 242 g/mol. The molecular formula is C15H23NO3. The van der Waals surface area contributed by atoms with Gasteiger partial charge in [-0.15, -0.1) is 0 Å². The van der Waals surface area contributed by atoms with Gasteiger partial charge in [-0.05, 0) is 19.0 Å². The minimum absolute atomic E-state index is 0.218. The lowest BCUT2D eigenvalue weighted by Gasteiger charge is -2.33. The van der Waals surface area contributed by atoms with E-state index in [0.29, 0.717) is 13.2 Å². The highest BCUT2D eigenvalue weighted by atomic mass is 16.5. The van der Waals surface area contributed by atoms with Crippen molar-refractivity contribution >= 4 is 5.97 Å². The molecule has 0 aliphatic heterocycles. The lowest BCUT2D eigenvalue weighted by molar-refractivity contribution is -0.145. The topological polar surface area (TPSA) is 47.6 Å². The zero-order chi connectivity index (χ0) is 14.1. The van der Waals surface area contributed by atoms with Crippen LogP contribution in [0.3, 0.4) is 0 Å². The van der Waals surface area contributed by atoms with Crippen LogP contribution in [0, 0.1) is 0 Å². The van der Waals surface area contributed by atoms with Gasteiger partial charge in [-0.1, -0.05) is 37.3 Å². The predicted molar refractivity (Wildman–Crippen MR) is 74.9 cm³/mol. The van der Waals surface area contributed by atoms with Crippen molar-refractivity contribution in [1.29, 1.82) is 0 Å². The van der Waals surface area contributed by atoms with Gasteiger partial charge in [0.25, 0.3) is 0 Å². The third-order valence-corrected chi connectivity index (χ3v) is 2.98. The summed E-state index contributed by atoms with van der Waals surface area (Å²) >= 11 is 0. The van der Waals surface area contributed by atoms with Gasteiger partial charge in [0.05, 0.1) is 25.2 Å². The van der Waals surface area contributed by atoms with Gasteiger partial charge in [-0.25, -0.2) is 0 Å². The van der Waals surface area contributed by atoms with Crippen LogP contribution in [0.4, 0.5) is 0 Å². The first-order chi connectivity index (χ1) is 9.18. The highest BCUT2D eigenvalue weighted by Crippen LogP contribution is 2.26. The highest BCUT2D eigenvalue weighted by Gasteiger charge is 2.34. The Balaban J connectivity index is 3.03. The molecule has 4 nitrogen and oxygen atoms in total. The second-order valence-electron chi connectivity index (χ2n) is 4.39. The van der Waals surface area contributed by atoms with Gasteiger partial charge in [0.2, 0.25) is 0 Å². The minimum Gasteiger partial charge on any atom is -0.466 e. The number of hydrogen-bond acceptors (Lipinski definition) is 4. The number of likely N-dealkylation sites (N-methyl/N-ethyl adjacent to an activating group) is 1. The maximum absolute atomic E-state index is 11.9. The van der Waals surface area contributed by atoms with Crippen molar-refractivity contribution in [2.75, 3.05) is 26.9 Å². The van der Waals surface area contributed by atoms with Gasteiger partial charge in [0.1, 0.15) is 0 Å². The standard InChI is InChI=1S/C15H23NO3/c1-4-16-15(12-18-3,11-14(17)19-5-2)13-9-7-6-8-10-13/h6-10,16H,4-5,11-12H2,1-3H3. The van der Waals surface area contributed by atoms with Crippen molar-refractivity contribution in [1.82, 2.24) is 5.32 Å². The largest absolute Gasteiger partial charge is 0.466 e. The van der Waals surface area contributed by atoms with Gasteiger partial charge in [-0.2, -0.15) is 0 Å². The molecule has 0 fully saturated rings. The van der Waals surface area contributed by atoms with Gasteiger partial charge in [-0.3, -0.25) is 4.79 Å². The second-order valence-corrected chi connectivity index (χ2v) is 4.39. The van der Waals surface area contributed by atoms with Crippen LogP contribution in [0.2, 0.25) is 0 Å². The maximum atomic E-state index is 11.9. The summed E-state index contributed by atoms with van der Waals surface area (Å²) in [5, 5.41) is 3.38. The molecule has 106 valence electrons. The summed E-state index contributed by atoms with van der Waals surface area (Å²) in [5.74, 6) is -0.218. The number of esters is 1. The number of ether oxygens (including phenoxy) is 2. The molecule has 0 aliphatic carbocycles. The van der Waals surface area contributed by atoms with Crippen LogP contribution in [0.5, 0.6) is 0 Å². The van der Waals surface area contributed by atoms with E-state index in [2.05, 4.69) is 5.32 Å². The van der Waals surface area contributed by atoms with E-state index in [0.717, 1.165) is 12.1 Å². The molecule has 4 heteroatoms. The van der Waals surface area contributed by atoms with E-state index in [1.54, 1.807) is 7.11 Å². The summed E-state index contributed by atoms with van der Waals surface area (Å²) in [4.78, 5) is 11.9. The second kappa shape index (κ2) is 7.92. The third kappa shape index (κ3) is 4.33. The first-order valence-corrected chi connectivity index (χ1v) is 6.63. The van der Waals surface area contributed by atoms with E-state index in [9.17, 15) is 4.79 Å². The fourth-order valence-corrected chi connectivity index (χ4v) is 2.25. The van der Waals surface area contributed by atoms with Crippen LogP contribution in [0.1, 0.15) is 25.8 Å². The molecule has 1 aromatic rings. The predicted octanol–water partition coefficient (Wildman–Crippen LogP) is 2.09. The third-order valence-electron chi connectivity index (χ3n) is 2.98. The first-order valence-electron chi connectivity index (χ1n) is 6.63. The Labute approximate surface area is 115 Å². The SMILES string of the molecule is CCNC(COC)(CC(=O)OCC)c1ccccc1. The van der Waals surface area contributed by atoms with Crippen molar-refractivity contribution in [3.05, 3.63) is 35.9 Å². The normalized spacial score (nSPS) is 13.8. The van der Waals surface area contributed by atoms with E-state index in [1.165, 1.54) is 0 Å². The Bertz CT molecular complexity index is 372. The van der Waals surface area contributed by atoms with Crippen molar-refractivity contribution in [3.63, 3.8) is 0 Å². The number of rotatable bonds is 8. The van der Waals surface area contributed by atoms with E-state index < -0.39 is 5.54 Å². The molecule has 1 aromatic carbocycles. The van der Waals surface area contributed by atoms with E-state index >= 15 is 0 Å². The van der Waals surface area contributed by atoms with Crippen molar-refractivity contribution in [2.24, 2.45) is 0 Å². The molecule has 1 atom stereocenters. The van der Waals surface area contributed by atoms with Gasteiger partial charge in [0, 0.05) is 7.11 Å². The highest BCUT2D eigenvalue weighted by molar-refractivity contribution is 5.71. The monoisotopic (exact) mass is 265 g/mol. The molecule has 0 aromatic heterocycles. The summed E-state index contributed by atoms with van der Waals surface area (Å²) in [6, 6.07) is 9.88. The summed E-state index contributed by atoms with van der Waals surface area (Å²) < 4.78 is 10.4. The maximum Gasteiger partial charge on any atom is 0.308 e. The number of carbonyl (C=O) groups excluding carboxylic acids is 1. The molecule has 0 spiro atoms. The number of carbonyl (C=O) groups is 1. The van der Waals surface area contributed by atoms with Gasteiger partial charge < -0.3 is 14.8 Å².